The minimum Gasteiger partial charge on any atom is -0.391 e. The minimum absolute atomic E-state index is 0.173. The maximum atomic E-state index is 9.36. The summed E-state index contributed by atoms with van der Waals surface area (Å²) >= 11 is 0. The lowest BCUT2D eigenvalue weighted by Gasteiger charge is -2.33. The van der Waals surface area contributed by atoms with Crippen LogP contribution >= 0.6 is 0 Å². The van der Waals surface area contributed by atoms with Crippen LogP contribution in [-0.2, 0) is 0 Å². The molecule has 1 heterocycles. The predicted molar refractivity (Wildman–Crippen MR) is 51.6 cm³/mol. The zero-order valence-electron chi connectivity index (χ0n) is 7.70. The van der Waals surface area contributed by atoms with Gasteiger partial charge in [0, 0.05) is 17.6 Å². The number of hydrogen-bond acceptors (Lipinski definition) is 3. The fourth-order valence-electron chi connectivity index (χ4n) is 1.50. The summed E-state index contributed by atoms with van der Waals surface area (Å²) in [5, 5.41) is 12.6. The number of hydrogen-bond donors (Lipinski definition) is 2. The van der Waals surface area contributed by atoms with Gasteiger partial charge in [-0.15, -0.1) is 0 Å². The first-order valence-corrected chi connectivity index (χ1v) is 4.63. The Hall–Kier alpha value is -1.09. The molecule has 0 aromatic carbocycles. The number of aliphatic hydroxyl groups is 1. The second-order valence-electron chi connectivity index (χ2n) is 3.58. The second-order valence-corrected chi connectivity index (χ2v) is 3.58. The SMILES string of the molecule is Cc1cc(NC2CCC2O)ccn1. The maximum Gasteiger partial charge on any atom is 0.0741 e. The first kappa shape index (κ1) is 8.51. The molecule has 70 valence electrons. The Kier molecular flexibility index (Phi) is 2.19. The Balaban J connectivity index is 2.01. The van der Waals surface area contributed by atoms with Gasteiger partial charge in [-0.25, -0.2) is 0 Å². The van der Waals surface area contributed by atoms with Gasteiger partial charge in [0.05, 0.1) is 12.1 Å². The molecule has 1 aromatic heterocycles. The number of aromatic nitrogens is 1. The highest BCUT2D eigenvalue weighted by molar-refractivity contribution is 5.44. The van der Waals surface area contributed by atoms with Crippen LogP contribution in [0.1, 0.15) is 18.5 Å². The molecule has 0 spiro atoms. The first-order valence-electron chi connectivity index (χ1n) is 4.63. The largest absolute Gasteiger partial charge is 0.391 e. The standard InChI is InChI=1S/C10H14N2O/c1-7-6-8(4-5-11-7)12-9-2-3-10(9)13/h4-6,9-10,13H,2-3H2,1H3,(H,11,12). The molecule has 2 atom stereocenters. The molecular weight excluding hydrogens is 164 g/mol. The molecule has 0 radical (unpaired) electrons. The molecule has 2 rings (SSSR count). The van der Waals surface area contributed by atoms with Crippen molar-refractivity contribution in [1.29, 1.82) is 0 Å². The van der Waals surface area contributed by atoms with E-state index >= 15 is 0 Å². The van der Waals surface area contributed by atoms with Gasteiger partial charge in [0.15, 0.2) is 0 Å². The lowest BCUT2D eigenvalue weighted by atomic mass is 9.89. The molecule has 13 heavy (non-hydrogen) atoms. The molecule has 1 aliphatic rings. The van der Waals surface area contributed by atoms with Gasteiger partial charge in [-0.2, -0.15) is 0 Å². The molecule has 1 aliphatic carbocycles. The fraction of sp³-hybridized carbons (Fsp3) is 0.500. The van der Waals surface area contributed by atoms with Crippen LogP contribution in [0.3, 0.4) is 0 Å². The molecule has 0 bridgehead atoms. The molecule has 0 amide bonds. The Labute approximate surface area is 77.8 Å². The summed E-state index contributed by atoms with van der Waals surface area (Å²) in [6.07, 6.45) is 3.58. The number of nitrogens with one attached hydrogen (secondary N) is 1. The van der Waals surface area contributed by atoms with Gasteiger partial charge in [0.2, 0.25) is 0 Å². The molecular formula is C10H14N2O. The molecule has 3 nitrogen and oxygen atoms in total. The third kappa shape index (κ3) is 1.80. The van der Waals surface area contributed by atoms with Crippen molar-refractivity contribution in [3.8, 4) is 0 Å². The van der Waals surface area contributed by atoms with Gasteiger partial charge in [0.1, 0.15) is 0 Å². The Morgan fingerprint density at radius 2 is 2.38 bits per heavy atom. The highest BCUT2D eigenvalue weighted by Gasteiger charge is 2.28. The smallest absolute Gasteiger partial charge is 0.0741 e. The number of pyridine rings is 1. The van der Waals surface area contributed by atoms with Crippen molar-refractivity contribution in [2.45, 2.75) is 31.9 Å². The summed E-state index contributed by atoms with van der Waals surface area (Å²) in [5.41, 5.74) is 2.05. The van der Waals surface area contributed by atoms with E-state index in [0.717, 1.165) is 24.2 Å². The van der Waals surface area contributed by atoms with Gasteiger partial charge in [-0.3, -0.25) is 4.98 Å². The van der Waals surface area contributed by atoms with Crippen molar-refractivity contribution in [3.05, 3.63) is 24.0 Å². The number of aryl methyl sites for hydroxylation is 1. The molecule has 0 saturated heterocycles. The van der Waals surface area contributed by atoms with Crippen LogP contribution in [0, 0.1) is 6.92 Å². The number of nitrogens with zero attached hydrogens (tertiary/aromatic N) is 1. The van der Waals surface area contributed by atoms with Gasteiger partial charge < -0.3 is 10.4 Å². The summed E-state index contributed by atoms with van der Waals surface area (Å²) in [4.78, 5) is 4.11. The molecule has 3 heteroatoms. The molecule has 2 N–H and O–H groups in total. The molecule has 0 aliphatic heterocycles. The second kappa shape index (κ2) is 3.34. The van der Waals surface area contributed by atoms with Gasteiger partial charge >= 0.3 is 0 Å². The quantitative estimate of drug-likeness (QED) is 0.718. The summed E-state index contributed by atoms with van der Waals surface area (Å²) in [6.45, 7) is 1.96. The van der Waals surface area contributed by atoms with Crippen molar-refractivity contribution < 1.29 is 5.11 Å². The van der Waals surface area contributed by atoms with Crippen molar-refractivity contribution in [3.63, 3.8) is 0 Å². The Morgan fingerprint density at radius 1 is 1.54 bits per heavy atom. The lowest BCUT2D eigenvalue weighted by molar-refractivity contribution is 0.0786. The zero-order chi connectivity index (χ0) is 9.26. The normalized spacial score (nSPS) is 26.6. The van der Waals surface area contributed by atoms with E-state index in [2.05, 4.69) is 10.3 Å². The summed E-state index contributed by atoms with van der Waals surface area (Å²) < 4.78 is 0. The van der Waals surface area contributed by atoms with Crippen molar-refractivity contribution in [1.82, 2.24) is 4.98 Å². The first-order chi connectivity index (χ1) is 6.25. The Morgan fingerprint density at radius 3 is 2.92 bits per heavy atom. The van der Waals surface area contributed by atoms with Crippen LogP contribution in [0.4, 0.5) is 5.69 Å². The summed E-state index contributed by atoms with van der Waals surface area (Å²) in [5.74, 6) is 0. The van der Waals surface area contributed by atoms with Crippen LogP contribution < -0.4 is 5.32 Å². The van der Waals surface area contributed by atoms with Crippen molar-refractivity contribution in [2.75, 3.05) is 5.32 Å². The van der Waals surface area contributed by atoms with E-state index in [9.17, 15) is 5.11 Å². The van der Waals surface area contributed by atoms with E-state index < -0.39 is 0 Å². The van der Waals surface area contributed by atoms with Gasteiger partial charge in [0.25, 0.3) is 0 Å². The minimum atomic E-state index is -0.173. The van der Waals surface area contributed by atoms with E-state index in [4.69, 9.17) is 0 Å². The van der Waals surface area contributed by atoms with Crippen molar-refractivity contribution in [2.24, 2.45) is 0 Å². The Bertz CT molecular complexity index is 301. The van der Waals surface area contributed by atoms with Crippen LogP contribution in [0.2, 0.25) is 0 Å². The molecule has 1 aromatic rings. The van der Waals surface area contributed by atoms with Crippen LogP contribution in [-0.4, -0.2) is 22.2 Å². The van der Waals surface area contributed by atoms with Crippen LogP contribution in [0.25, 0.3) is 0 Å². The fourth-order valence-corrected chi connectivity index (χ4v) is 1.50. The average molecular weight is 178 g/mol. The zero-order valence-corrected chi connectivity index (χ0v) is 7.70. The average Bonchev–Trinajstić information content (AvgIpc) is 2.12. The van der Waals surface area contributed by atoms with E-state index in [1.807, 2.05) is 19.1 Å². The topological polar surface area (TPSA) is 45.1 Å². The third-order valence-electron chi connectivity index (χ3n) is 2.49. The van der Waals surface area contributed by atoms with Crippen LogP contribution in [0.5, 0.6) is 0 Å². The lowest BCUT2D eigenvalue weighted by Crippen LogP contribution is -2.42. The third-order valence-corrected chi connectivity index (χ3v) is 2.49. The summed E-state index contributed by atoms with van der Waals surface area (Å²) in [7, 11) is 0. The van der Waals surface area contributed by atoms with Crippen molar-refractivity contribution >= 4 is 5.69 Å². The van der Waals surface area contributed by atoms with E-state index in [1.54, 1.807) is 6.20 Å². The van der Waals surface area contributed by atoms with E-state index in [1.165, 1.54) is 0 Å². The maximum absolute atomic E-state index is 9.36. The number of anilines is 1. The highest BCUT2D eigenvalue weighted by atomic mass is 16.3. The number of aliphatic hydroxyl groups excluding tert-OH is 1. The highest BCUT2D eigenvalue weighted by Crippen LogP contribution is 2.23. The molecule has 2 unspecified atom stereocenters. The van der Waals surface area contributed by atoms with E-state index in [0.29, 0.717) is 0 Å². The van der Waals surface area contributed by atoms with E-state index in [-0.39, 0.29) is 12.1 Å². The monoisotopic (exact) mass is 178 g/mol. The van der Waals surface area contributed by atoms with Gasteiger partial charge in [-0.05, 0) is 31.9 Å². The predicted octanol–water partition coefficient (Wildman–Crippen LogP) is 1.33. The van der Waals surface area contributed by atoms with Gasteiger partial charge in [-0.1, -0.05) is 0 Å². The molecule has 1 saturated carbocycles. The molecule has 1 fully saturated rings. The summed E-state index contributed by atoms with van der Waals surface area (Å²) in [6, 6.07) is 4.16. The van der Waals surface area contributed by atoms with Crippen LogP contribution in [0.15, 0.2) is 18.3 Å². The number of rotatable bonds is 2.